The van der Waals surface area contributed by atoms with Crippen molar-refractivity contribution in [2.24, 2.45) is 10.7 Å². The Balaban J connectivity index is 2.45. The average Bonchev–Trinajstić information content (AvgIpc) is 2.32. The fraction of sp³-hybridized carbons (Fsp3) is 0.889. The van der Waals surface area contributed by atoms with Gasteiger partial charge in [0.25, 0.3) is 0 Å². The summed E-state index contributed by atoms with van der Waals surface area (Å²) >= 11 is 0. The van der Waals surface area contributed by atoms with Gasteiger partial charge in [-0.25, -0.2) is 0 Å². The number of aliphatic hydroxyl groups is 1. The third kappa shape index (κ3) is 3.22. The normalized spacial score (nSPS) is 31.1. The molecule has 0 aromatic carbocycles. The molecule has 1 saturated carbocycles. The summed E-state index contributed by atoms with van der Waals surface area (Å²) in [5.74, 6) is 0.422. The maximum Gasteiger partial charge on any atom is 0.188 e. The SMILES string of the molecule is CN=C(N)NC1CCCCCC1O. The molecule has 0 saturated heterocycles. The number of nitrogens with one attached hydrogen (secondary N) is 1. The van der Waals surface area contributed by atoms with E-state index in [4.69, 9.17) is 5.73 Å². The molecule has 1 aliphatic carbocycles. The van der Waals surface area contributed by atoms with Crippen LogP contribution in [0.15, 0.2) is 4.99 Å². The molecule has 0 spiro atoms. The zero-order valence-corrected chi connectivity index (χ0v) is 8.16. The van der Waals surface area contributed by atoms with Crippen molar-refractivity contribution >= 4 is 5.96 Å². The fourth-order valence-electron chi connectivity index (χ4n) is 1.71. The van der Waals surface area contributed by atoms with Crippen LogP contribution in [0.5, 0.6) is 0 Å². The molecule has 0 aromatic rings. The first kappa shape index (κ1) is 10.3. The molecule has 0 aromatic heterocycles. The maximum absolute atomic E-state index is 9.72. The highest BCUT2D eigenvalue weighted by molar-refractivity contribution is 5.78. The lowest BCUT2D eigenvalue weighted by molar-refractivity contribution is 0.129. The van der Waals surface area contributed by atoms with Crippen LogP contribution in [0.25, 0.3) is 0 Å². The highest BCUT2D eigenvalue weighted by atomic mass is 16.3. The van der Waals surface area contributed by atoms with Crippen LogP contribution in [0, 0.1) is 0 Å². The first-order valence-electron chi connectivity index (χ1n) is 4.91. The molecule has 4 heteroatoms. The van der Waals surface area contributed by atoms with E-state index in [1.54, 1.807) is 7.05 Å². The number of rotatable bonds is 1. The first-order chi connectivity index (χ1) is 6.24. The summed E-state index contributed by atoms with van der Waals surface area (Å²) in [4.78, 5) is 3.82. The number of hydrogen-bond donors (Lipinski definition) is 3. The van der Waals surface area contributed by atoms with Crippen LogP contribution >= 0.6 is 0 Å². The Kier molecular flexibility index (Phi) is 4.02. The zero-order valence-electron chi connectivity index (χ0n) is 8.16. The number of nitrogens with two attached hydrogens (primary N) is 1. The molecule has 2 unspecified atom stereocenters. The first-order valence-corrected chi connectivity index (χ1v) is 4.91. The molecule has 76 valence electrons. The van der Waals surface area contributed by atoms with Crippen molar-refractivity contribution < 1.29 is 5.11 Å². The molecule has 1 aliphatic rings. The van der Waals surface area contributed by atoms with Gasteiger partial charge < -0.3 is 16.2 Å². The number of aliphatic imine (C=N–C) groups is 1. The van der Waals surface area contributed by atoms with Crippen LogP contribution < -0.4 is 11.1 Å². The zero-order chi connectivity index (χ0) is 9.68. The van der Waals surface area contributed by atoms with Crippen molar-refractivity contribution in [3.8, 4) is 0 Å². The van der Waals surface area contributed by atoms with Crippen LogP contribution in [0.1, 0.15) is 32.1 Å². The summed E-state index contributed by atoms with van der Waals surface area (Å²) in [5, 5.41) is 12.8. The minimum absolute atomic E-state index is 0.0891. The van der Waals surface area contributed by atoms with Gasteiger partial charge in [0.05, 0.1) is 12.1 Å². The quantitative estimate of drug-likeness (QED) is 0.311. The molecule has 1 fully saturated rings. The summed E-state index contributed by atoms with van der Waals surface area (Å²) in [6, 6.07) is 0.0891. The van der Waals surface area contributed by atoms with Crippen LogP contribution in [0.2, 0.25) is 0 Å². The summed E-state index contributed by atoms with van der Waals surface area (Å²) in [6.45, 7) is 0. The Hall–Kier alpha value is -0.770. The standard InChI is InChI=1S/C9H19N3O/c1-11-9(10)12-7-5-3-2-4-6-8(7)13/h7-8,13H,2-6H2,1H3,(H3,10,11,12). The molecule has 0 amide bonds. The second-order valence-corrected chi connectivity index (χ2v) is 3.57. The highest BCUT2D eigenvalue weighted by Crippen LogP contribution is 2.17. The van der Waals surface area contributed by atoms with Crippen molar-refractivity contribution in [3.05, 3.63) is 0 Å². The predicted octanol–water partition coefficient (Wildman–Crippen LogP) is 0.214. The second kappa shape index (κ2) is 5.07. The topological polar surface area (TPSA) is 70.6 Å². The molecule has 4 N–H and O–H groups in total. The Labute approximate surface area is 79.2 Å². The molecule has 0 radical (unpaired) electrons. The van der Waals surface area contributed by atoms with E-state index >= 15 is 0 Å². The Morgan fingerprint density at radius 2 is 2.08 bits per heavy atom. The van der Waals surface area contributed by atoms with Gasteiger partial charge in [0, 0.05) is 7.05 Å². The number of aliphatic hydroxyl groups excluding tert-OH is 1. The molecule has 0 aliphatic heterocycles. The Morgan fingerprint density at radius 3 is 2.77 bits per heavy atom. The molecule has 2 atom stereocenters. The van der Waals surface area contributed by atoms with E-state index in [2.05, 4.69) is 10.3 Å². The molecule has 13 heavy (non-hydrogen) atoms. The maximum atomic E-state index is 9.72. The highest BCUT2D eigenvalue weighted by Gasteiger charge is 2.21. The van der Waals surface area contributed by atoms with Gasteiger partial charge in [0.2, 0.25) is 0 Å². The van der Waals surface area contributed by atoms with Gasteiger partial charge >= 0.3 is 0 Å². The van der Waals surface area contributed by atoms with E-state index < -0.39 is 0 Å². The van der Waals surface area contributed by atoms with Crippen molar-refractivity contribution in [1.82, 2.24) is 5.32 Å². The van der Waals surface area contributed by atoms with E-state index in [0.717, 1.165) is 25.7 Å². The van der Waals surface area contributed by atoms with Gasteiger partial charge in [-0.2, -0.15) is 0 Å². The molecule has 0 heterocycles. The summed E-state index contributed by atoms with van der Waals surface area (Å²) in [6.07, 6.45) is 5.06. The van der Waals surface area contributed by atoms with E-state index in [9.17, 15) is 5.11 Å². The Morgan fingerprint density at radius 1 is 1.38 bits per heavy atom. The number of nitrogens with zero attached hydrogens (tertiary/aromatic N) is 1. The van der Waals surface area contributed by atoms with Gasteiger partial charge in [0.15, 0.2) is 5.96 Å². The second-order valence-electron chi connectivity index (χ2n) is 3.57. The number of hydrogen-bond acceptors (Lipinski definition) is 2. The van der Waals surface area contributed by atoms with E-state index in [-0.39, 0.29) is 12.1 Å². The third-order valence-corrected chi connectivity index (χ3v) is 2.55. The molecule has 4 nitrogen and oxygen atoms in total. The lowest BCUT2D eigenvalue weighted by atomic mass is 10.1. The summed E-state index contributed by atoms with van der Waals surface area (Å²) in [5.41, 5.74) is 5.54. The van der Waals surface area contributed by atoms with Crippen molar-refractivity contribution in [2.75, 3.05) is 7.05 Å². The fourth-order valence-corrected chi connectivity index (χ4v) is 1.71. The summed E-state index contributed by atoms with van der Waals surface area (Å²) < 4.78 is 0. The van der Waals surface area contributed by atoms with Gasteiger partial charge in [0.1, 0.15) is 0 Å². The smallest absolute Gasteiger partial charge is 0.188 e. The van der Waals surface area contributed by atoms with Gasteiger partial charge in [-0.15, -0.1) is 0 Å². The van der Waals surface area contributed by atoms with Crippen LogP contribution in [-0.4, -0.2) is 30.3 Å². The van der Waals surface area contributed by atoms with Crippen LogP contribution in [-0.2, 0) is 0 Å². The molecule has 1 rings (SSSR count). The van der Waals surface area contributed by atoms with E-state index in [1.807, 2.05) is 0 Å². The average molecular weight is 185 g/mol. The van der Waals surface area contributed by atoms with Crippen molar-refractivity contribution in [1.29, 1.82) is 0 Å². The van der Waals surface area contributed by atoms with Crippen LogP contribution in [0.3, 0.4) is 0 Å². The lowest BCUT2D eigenvalue weighted by Crippen LogP contribution is -2.46. The van der Waals surface area contributed by atoms with Crippen molar-refractivity contribution in [3.63, 3.8) is 0 Å². The predicted molar refractivity (Wildman–Crippen MR) is 53.6 cm³/mol. The monoisotopic (exact) mass is 185 g/mol. The van der Waals surface area contributed by atoms with Gasteiger partial charge in [-0.1, -0.05) is 19.3 Å². The van der Waals surface area contributed by atoms with E-state index in [1.165, 1.54) is 6.42 Å². The largest absolute Gasteiger partial charge is 0.391 e. The van der Waals surface area contributed by atoms with E-state index in [0.29, 0.717) is 5.96 Å². The van der Waals surface area contributed by atoms with Crippen LogP contribution in [0.4, 0.5) is 0 Å². The minimum atomic E-state index is -0.275. The molecular formula is C9H19N3O. The van der Waals surface area contributed by atoms with Gasteiger partial charge in [-0.3, -0.25) is 4.99 Å². The van der Waals surface area contributed by atoms with Gasteiger partial charge in [-0.05, 0) is 12.8 Å². The third-order valence-electron chi connectivity index (χ3n) is 2.55. The summed E-state index contributed by atoms with van der Waals surface area (Å²) in [7, 11) is 1.64. The van der Waals surface area contributed by atoms with Crippen molar-refractivity contribution in [2.45, 2.75) is 44.2 Å². The Bertz CT molecular complexity index is 182. The molecular weight excluding hydrogens is 166 g/mol. The molecule has 0 bridgehead atoms. The number of guanidine groups is 1. The minimum Gasteiger partial charge on any atom is -0.391 e. The lowest BCUT2D eigenvalue weighted by Gasteiger charge is -2.21.